The SMILES string of the molecule is c1csc(CN2CC[C@H]3OCCC[C@@]3(COCc3ccncc3)C2)c1. The summed E-state index contributed by atoms with van der Waals surface area (Å²) in [6, 6.07) is 8.43. The van der Waals surface area contributed by atoms with E-state index in [4.69, 9.17) is 9.47 Å². The first-order valence-electron chi connectivity index (χ1n) is 9.17. The van der Waals surface area contributed by atoms with Gasteiger partial charge in [-0.3, -0.25) is 9.88 Å². The van der Waals surface area contributed by atoms with Gasteiger partial charge in [0.2, 0.25) is 0 Å². The van der Waals surface area contributed by atoms with Gasteiger partial charge >= 0.3 is 0 Å². The fourth-order valence-corrected chi connectivity index (χ4v) is 4.95. The van der Waals surface area contributed by atoms with Crippen molar-refractivity contribution in [2.45, 2.75) is 38.5 Å². The molecule has 5 heteroatoms. The van der Waals surface area contributed by atoms with Crippen LogP contribution in [0, 0.1) is 5.41 Å². The van der Waals surface area contributed by atoms with Crippen molar-refractivity contribution >= 4 is 11.3 Å². The maximum absolute atomic E-state index is 6.17. The summed E-state index contributed by atoms with van der Waals surface area (Å²) in [6.45, 7) is 5.58. The zero-order valence-corrected chi connectivity index (χ0v) is 15.4. The minimum atomic E-state index is 0.140. The van der Waals surface area contributed by atoms with Crippen LogP contribution in [0.2, 0.25) is 0 Å². The molecule has 2 atom stereocenters. The zero-order valence-electron chi connectivity index (χ0n) is 14.6. The van der Waals surface area contributed by atoms with Crippen LogP contribution in [0.4, 0.5) is 0 Å². The second kappa shape index (κ2) is 7.96. The fraction of sp³-hybridized carbons (Fsp3) is 0.550. The Morgan fingerprint density at radius 1 is 1.32 bits per heavy atom. The number of thiophene rings is 1. The van der Waals surface area contributed by atoms with Gasteiger partial charge in [-0.25, -0.2) is 0 Å². The van der Waals surface area contributed by atoms with Gasteiger partial charge in [0.05, 0.1) is 19.3 Å². The lowest BCUT2D eigenvalue weighted by molar-refractivity contribution is -0.155. The fourth-order valence-electron chi connectivity index (χ4n) is 4.20. The Labute approximate surface area is 153 Å². The van der Waals surface area contributed by atoms with Crippen LogP contribution in [0.1, 0.15) is 29.7 Å². The molecule has 0 saturated carbocycles. The summed E-state index contributed by atoms with van der Waals surface area (Å²) < 4.78 is 12.3. The topological polar surface area (TPSA) is 34.6 Å². The van der Waals surface area contributed by atoms with Gasteiger partial charge < -0.3 is 9.47 Å². The summed E-state index contributed by atoms with van der Waals surface area (Å²) in [5.41, 5.74) is 1.33. The molecule has 0 spiro atoms. The molecule has 2 aromatic heterocycles. The van der Waals surface area contributed by atoms with E-state index >= 15 is 0 Å². The molecular formula is C20H26N2O2S. The van der Waals surface area contributed by atoms with Crippen molar-refractivity contribution in [1.82, 2.24) is 9.88 Å². The second-order valence-corrected chi connectivity index (χ2v) is 8.28. The van der Waals surface area contributed by atoms with Crippen molar-refractivity contribution in [2.24, 2.45) is 5.41 Å². The van der Waals surface area contributed by atoms with Crippen molar-refractivity contribution in [1.29, 1.82) is 0 Å². The average molecular weight is 359 g/mol. The van der Waals surface area contributed by atoms with Crippen LogP contribution in [-0.2, 0) is 22.6 Å². The number of nitrogens with zero attached hydrogens (tertiary/aromatic N) is 2. The summed E-state index contributed by atoms with van der Waals surface area (Å²) in [5, 5.41) is 2.17. The highest BCUT2D eigenvalue weighted by Gasteiger charge is 2.46. The highest BCUT2D eigenvalue weighted by Crippen LogP contribution is 2.41. The molecule has 2 fully saturated rings. The molecule has 2 aliphatic heterocycles. The van der Waals surface area contributed by atoms with Crippen LogP contribution in [0.5, 0.6) is 0 Å². The van der Waals surface area contributed by atoms with E-state index in [2.05, 4.69) is 27.4 Å². The van der Waals surface area contributed by atoms with E-state index in [0.717, 1.165) is 45.7 Å². The van der Waals surface area contributed by atoms with E-state index in [-0.39, 0.29) is 5.41 Å². The number of likely N-dealkylation sites (tertiary alicyclic amines) is 1. The molecule has 2 aromatic rings. The van der Waals surface area contributed by atoms with Crippen molar-refractivity contribution in [3.05, 3.63) is 52.5 Å². The molecule has 134 valence electrons. The van der Waals surface area contributed by atoms with Gasteiger partial charge in [-0.05, 0) is 48.4 Å². The number of aromatic nitrogens is 1. The molecule has 0 amide bonds. The average Bonchev–Trinajstić information content (AvgIpc) is 3.15. The number of hydrogen-bond acceptors (Lipinski definition) is 5. The predicted octanol–water partition coefficient (Wildman–Crippen LogP) is 3.73. The molecule has 4 rings (SSSR count). The molecule has 0 radical (unpaired) electrons. The minimum absolute atomic E-state index is 0.140. The smallest absolute Gasteiger partial charge is 0.0718 e. The molecule has 4 heterocycles. The van der Waals surface area contributed by atoms with Crippen molar-refractivity contribution in [3.63, 3.8) is 0 Å². The third-order valence-electron chi connectivity index (χ3n) is 5.43. The van der Waals surface area contributed by atoms with E-state index in [1.54, 1.807) is 0 Å². The normalized spacial score (nSPS) is 27.1. The van der Waals surface area contributed by atoms with E-state index < -0.39 is 0 Å². The first-order chi connectivity index (χ1) is 12.3. The molecular weight excluding hydrogens is 332 g/mol. The van der Waals surface area contributed by atoms with Crippen molar-refractivity contribution in [2.75, 3.05) is 26.3 Å². The third-order valence-corrected chi connectivity index (χ3v) is 6.30. The Morgan fingerprint density at radius 3 is 3.08 bits per heavy atom. The molecule has 25 heavy (non-hydrogen) atoms. The predicted molar refractivity (Wildman–Crippen MR) is 99.5 cm³/mol. The summed E-state index contributed by atoms with van der Waals surface area (Å²) in [7, 11) is 0. The summed E-state index contributed by atoms with van der Waals surface area (Å²) in [6.07, 6.45) is 7.46. The summed E-state index contributed by atoms with van der Waals surface area (Å²) in [5.74, 6) is 0. The Kier molecular flexibility index (Phi) is 5.46. The van der Waals surface area contributed by atoms with Gasteiger partial charge in [0.25, 0.3) is 0 Å². The number of fused-ring (bicyclic) bond motifs is 1. The van der Waals surface area contributed by atoms with Gasteiger partial charge in [0, 0.05) is 48.9 Å². The third kappa shape index (κ3) is 4.11. The maximum atomic E-state index is 6.17. The second-order valence-electron chi connectivity index (χ2n) is 7.25. The summed E-state index contributed by atoms with van der Waals surface area (Å²) in [4.78, 5) is 8.11. The first kappa shape index (κ1) is 17.2. The van der Waals surface area contributed by atoms with Crippen LogP contribution in [0.3, 0.4) is 0 Å². The first-order valence-corrected chi connectivity index (χ1v) is 10.1. The van der Waals surface area contributed by atoms with Gasteiger partial charge in [-0.2, -0.15) is 0 Å². The minimum Gasteiger partial charge on any atom is -0.377 e. The lowest BCUT2D eigenvalue weighted by Crippen LogP contribution is -2.56. The van der Waals surface area contributed by atoms with Crippen molar-refractivity contribution in [3.8, 4) is 0 Å². The summed E-state index contributed by atoms with van der Waals surface area (Å²) >= 11 is 1.85. The Morgan fingerprint density at radius 2 is 2.24 bits per heavy atom. The molecule has 0 N–H and O–H groups in total. The zero-order chi connectivity index (χ0) is 17.0. The van der Waals surface area contributed by atoms with Crippen LogP contribution in [-0.4, -0.2) is 42.3 Å². The molecule has 0 aliphatic carbocycles. The van der Waals surface area contributed by atoms with Crippen LogP contribution < -0.4 is 0 Å². The number of hydrogen-bond donors (Lipinski definition) is 0. The van der Waals surface area contributed by atoms with Crippen molar-refractivity contribution < 1.29 is 9.47 Å². The number of pyridine rings is 1. The lowest BCUT2D eigenvalue weighted by atomic mass is 9.73. The molecule has 0 unspecified atom stereocenters. The van der Waals surface area contributed by atoms with E-state index in [1.165, 1.54) is 16.9 Å². The Balaban J connectivity index is 1.40. The monoisotopic (exact) mass is 358 g/mol. The van der Waals surface area contributed by atoms with E-state index in [1.807, 2.05) is 35.9 Å². The molecule has 2 saturated heterocycles. The Hall–Kier alpha value is -1.27. The lowest BCUT2D eigenvalue weighted by Gasteiger charge is -2.50. The van der Waals surface area contributed by atoms with E-state index in [9.17, 15) is 0 Å². The molecule has 4 nitrogen and oxygen atoms in total. The number of ether oxygens (including phenoxy) is 2. The van der Waals surface area contributed by atoms with Gasteiger partial charge in [-0.15, -0.1) is 11.3 Å². The van der Waals surface area contributed by atoms with E-state index in [0.29, 0.717) is 12.7 Å². The van der Waals surface area contributed by atoms with Gasteiger partial charge in [-0.1, -0.05) is 6.07 Å². The Bertz CT molecular complexity index is 649. The quantitative estimate of drug-likeness (QED) is 0.788. The van der Waals surface area contributed by atoms with Gasteiger partial charge in [0.15, 0.2) is 0 Å². The van der Waals surface area contributed by atoms with Crippen LogP contribution in [0.15, 0.2) is 42.0 Å². The number of piperidine rings is 1. The highest BCUT2D eigenvalue weighted by atomic mass is 32.1. The maximum Gasteiger partial charge on any atom is 0.0718 e. The number of rotatable bonds is 6. The van der Waals surface area contributed by atoms with Gasteiger partial charge in [0.1, 0.15) is 0 Å². The molecule has 2 aliphatic rings. The van der Waals surface area contributed by atoms with Crippen LogP contribution >= 0.6 is 11.3 Å². The van der Waals surface area contributed by atoms with Crippen LogP contribution in [0.25, 0.3) is 0 Å². The molecule has 0 aromatic carbocycles. The largest absolute Gasteiger partial charge is 0.377 e. The molecule has 0 bridgehead atoms. The highest BCUT2D eigenvalue weighted by molar-refractivity contribution is 7.09. The standard InChI is InChI=1S/C20H26N2O2S/c1-3-18(25-12-1)13-22-10-6-19-20(15-22,7-2-11-24-19)16-23-14-17-4-8-21-9-5-17/h1,3-5,8-9,12,19H,2,6-7,10-11,13-16H2/t19-,20+/m1/s1.